The summed E-state index contributed by atoms with van der Waals surface area (Å²) in [6.45, 7) is 7.25. The number of carbonyl (C=O) groups excluding carboxylic acids is 2. The number of hydrogen-bond acceptors (Lipinski definition) is 4. The molecule has 120 valence electrons. The van der Waals surface area contributed by atoms with Crippen molar-refractivity contribution in [3.63, 3.8) is 0 Å². The monoisotopic (exact) mass is 297 g/mol. The first-order chi connectivity index (χ1) is 9.85. The van der Waals surface area contributed by atoms with Crippen molar-refractivity contribution in [1.29, 1.82) is 0 Å². The minimum atomic E-state index is -0.955. The summed E-state index contributed by atoms with van der Waals surface area (Å²) in [6.07, 6.45) is 2.74. The number of carbonyl (C=O) groups is 2. The lowest BCUT2D eigenvalue weighted by molar-refractivity contribution is -0.225. The number of fused-ring (bicyclic) bond motifs is 1. The van der Waals surface area contributed by atoms with Crippen molar-refractivity contribution in [3.05, 3.63) is 0 Å². The van der Waals surface area contributed by atoms with Crippen molar-refractivity contribution < 1.29 is 14.3 Å². The average molecular weight is 297 g/mol. The quantitative estimate of drug-likeness (QED) is 0.674. The van der Waals surface area contributed by atoms with Crippen LogP contribution in [0, 0.1) is 11.3 Å². The average Bonchev–Trinajstić information content (AvgIpc) is 2.49. The van der Waals surface area contributed by atoms with Crippen LogP contribution < -0.4 is 16.4 Å². The SMILES string of the molecule is CCCNC(=O)CNC(=O)C1(N)C2CCCOC2C1(C)C. The van der Waals surface area contributed by atoms with Crippen LogP contribution in [-0.4, -0.2) is 43.2 Å². The van der Waals surface area contributed by atoms with Gasteiger partial charge in [-0.2, -0.15) is 0 Å². The molecule has 1 aliphatic carbocycles. The molecule has 1 aliphatic heterocycles. The van der Waals surface area contributed by atoms with Gasteiger partial charge in [0.05, 0.1) is 12.6 Å². The van der Waals surface area contributed by atoms with E-state index in [4.69, 9.17) is 10.5 Å². The Kier molecular flexibility index (Phi) is 4.58. The van der Waals surface area contributed by atoms with Crippen LogP contribution in [0.15, 0.2) is 0 Å². The van der Waals surface area contributed by atoms with E-state index in [1.54, 1.807) is 0 Å². The van der Waals surface area contributed by atoms with Gasteiger partial charge in [-0.05, 0) is 19.3 Å². The number of amides is 2. The third-order valence-corrected chi connectivity index (χ3v) is 5.04. The van der Waals surface area contributed by atoms with Crippen LogP contribution in [0.5, 0.6) is 0 Å². The van der Waals surface area contributed by atoms with Crippen LogP contribution >= 0.6 is 0 Å². The van der Waals surface area contributed by atoms with E-state index in [0.717, 1.165) is 25.9 Å². The summed E-state index contributed by atoms with van der Waals surface area (Å²) in [5.74, 6) is -0.381. The van der Waals surface area contributed by atoms with Crippen LogP contribution in [-0.2, 0) is 14.3 Å². The molecule has 1 saturated heterocycles. The summed E-state index contributed by atoms with van der Waals surface area (Å²) in [6, 6.07) is 0. The molecule has 2 fully saturated rings. The molecule has 21 heavy (non-hydrogen) atoms. The first-order valence-electron chi connectivity index (χ1n) is 7.81. The van der Waals surface area contributed by atoms with E-state index in [9.17, 15) is 9.59 Å². The van der Waals surface area contributed by atoms with Gasteiger partial charge in [-0.25, -0.2) is 0 Å². The summed E-state index contributed by atoms with van der Waals surface area (Å²) in [5, 5.41) is 5.42. The highest BCUT2D eigenvalue weighted by atomic mass is 16.5. The van der Waals surface area contributed by atoms with E-state index < -0.39 is 11.0 Å². The molecule has 6 heteroatoms. The molecule has 0 radical (unpaired) electrons. The first kappa shape index (κ1) is 16.2. The zero-order chi connectivity index (χ0) is 15.7. The molecular formula is C15H27N3O3. The largest absolute Gasteiger partial charge is 0.377 e. The second-order valence-corrected chi connectivity index (χ2v) is 6.66. The van der Waals surface area contributed by atoms with Gasteiger partial charge < -0.3 is 21.1 Å². The van der Waals surface area contributed by atoms with E-state index >= 15 is 0 Å². The lowest BCUT2D eigenvalue weighted by Gasteiger charge is -2.65. The van der Waals surface area contributed by atoms with Crippen LogP contribution in [0.1, 0.15) is 40.0 Å². The van der Waals surface area contributed by atoms with Crippen molar-refractivity contribution in [2.75, 3.05) is 19.7 Å². The summed E-state index contributed by atoms with van der Waals surface area (Å²) in [7, 11) is 0. The van der Waals surface area contributed by atoms with Gasteiger partial charge in [-0.3, -0.25) is 9.59 Å². The van der Waals surface area contributed by atoms with Gasteiger partial charge in [0.25, 0.3) is 0 Å². The van der Waals surface area contributed by atoms with Gasteiger partial charge in [0.1, 0.15) is 5.54 Å². The fourth-order valence-electron chi connectivity index (χ4n) is 3.67. The van der Waals surface area contributed by atoms with E-state index in [-0.39, 0.29) is 30.4 Å². The summed E-state index contributed by atoms with van der Waals surface area (Å²) >= 11 is 0. The van der Waals surface area contributed by atoms with Crippen molar-refractivity contribution in [3.8, 4) is 0 Å². The second-order valence-electron chi connectivity index (χ2n) is 6.66. The minimum absolute atomic E-state index is 0.0217. The molecule has 1 saturated carbocycles. The molecule has 0 aromatic carbocycles. The first-order valence-corrected chi connectivity index (χ1v) is 7.81. The fourth-order valence-corrected chi connectivity index (χ4v) is 3.67. The van der Waals surface area contributed by atoms with E-state index in [1.165, 1.54) is 0 Å². The van der Waals surface area contributed by atoms with Crippen LogP contribution in [0.2, 0.25) is 0 Å². The zero-order valence-corrected chi connectivity index (χ0v) is 13.2. The Morgan fingerprint density at radius 3 is 2.71 bits per heavy atom. The molecule has 0 aromatic heterocycles. The summed E-state index contributed by atoms with van der Waals surface area (Å²) in [4.78, 5) is 24.1. The van der Waals surface area contributed by atoms with Gasteiger partial charge in [-0.1, -0.05) is 20.8 Å². The Balaban J connectivity index is 1.96. The van der Waals surface area contributed by atoms with Gasteiger partial charge in [-0.15, -0.1) is 0 Å². The third-order valence-electron chi connectivity index (χ3n) is 5.04. The Hall–Kier alpha value is -1.14. The highest BCUT2D eigenvalue weighted by Gasteiger charge is 2.70. The Morgan fingerprint density at radius 2 is 2.05 bits per heavy atom. The van der Waals surface area contributed by atoms with Crippen LogP contribution in [0.25, 0.3) is 0 Å². The van der Waals surface area contributed by atoms with Gasteiger partial charge in [0, 0.05) is 24.5 Å². The molecular weight excluding hydrogens is 270 g/mol. The topological polar surface area (TPSA) is 93.5 Å². The second kappa shape index (κ2) is 5.93. The number of nitrogens with two attached hydrogens (primary N) is 1. The van der Waals surface area contributed by atoms with Gasteiger partial charge >= 0.3 is 0 Å². The normalized spacial score (nSPS) is 33.5. The molecule has 3 unspecified atom stereocenters. The number of rotatable bonds is 5. The Morgan fingerprint density at radius 1 is 1.33 bits per heavy atom. The maximum absolute atomic E-state index is 12.5. The molecule has 0 aromatic rings. The lowest BCUT2D eigenvalue weighted by Crippen LogP contribution is -2.82. The Labute approximate surface area is 126 Å². The van der Waals surface area contributed by atoms with E-state index in [1.807, 2.05) is 20.8 Å². The maximum atomic E-state index is 12.5. The fraction of sp³-hybridized carbons (Fsp3) is 0.867. The molecule has 2 rings (SSSR count). The summed E-state index contributed by atoms with van der Waals surface area (Å²) < 4.78 is 5.78. The highest BCUT2D eigenvalue weighted by molar-refractivity contribution is 5.92. The minimum Gasteiger partial charge on any atom is -0.377 e. The number of nitrogens with one attached hydrogen (secondary N) is 2. The predicted octanol–water partition coefficient (Wildman–Crippen LogP) is 0.161. The van der Waals surface area contributed by atoms with Crippen molar-refractivity contribution in [2.24, 2.45) is 17.1 Å². The van der Waals surface area contributed by atoms with Gasteiger partial charge in [0.15, 0.2) is 0 Å². The standard InChI is InChI=1S/C15H27N3O3/c1-4-7-17-11(19)9-18-13(20)15(16)10-6-5-8-21-12(10)14(15,2)3/h10,12H,4-9,16H2,1-3H3,(H,17,19)(H,18,20). The Bertz CT molecular complexity index is 424. The maximum Gasteiger partial charge on any atom is 0.241 e. The molecule has 3 atom stereocenters. The van der Waals surface area contributed by atoms with Gasteiger partial charge in [0.2, 0.25) is 11.8 Å². The zero-order valence-electron chi connectivity index (χ0n) is 13.2. The smallest absolute Gasteiger partial charge is 0.241 e. The third kappa shape index (κ3) is 2.55. The summed E-state index contributed by atoms with van der Waals surface area (Å²) in [5.41, 5.74) is 5.07. The van der Waals surface area contributed by atoms with Crippen LogP contribution in [0.4, 0.5) is 0 Å². The van der Waals surface area contributed by atoms with Crippen LogP contribution in [0.3, 0.4) is 0 Å². The number of ether oxygens (including phenoxy) is 1. The van der Waals surface area contributed by atoms with Crippen molar-refractivity contribution in [1.82, 2.24) is 10.6 Å². The molecule has 0 spiro atoms. The molecule has 0 bridgehead atoms. The molecule has 1 heterocycles. The molecule has 2 aliphatic rings. The van der Waals surface area contributed by atoms with Crippen molar-refractivity contribution >= 4 is 11.8 Å². The highest BCUT2D eigenvalue weighted by Crippen LogP contribution is 2.57. The number of hydrogen-bond donors (Lipinski definition) is 3. The predicted molar refractivity (Wildman–Crippen MR) is 79.5 cm³/mol. The molecule has 6 nitrogen and oxygen atoms in total. The molecule has 4 N–H and O–H groups in total. The van der Waals surface area contributed by atoms with Crippen molar-refractivity contribution in [2.45, 2.75) is 51.7 Å². The van der Waals surface area contributed by atoms with E-state index in [2.05, 4.69) is 10.6 Å². The lowest BCUT2D eigenvalue weighted by atomic mass is 9.46. The molecule has 2 amide bonds. The van der Waals surface area contributed by atoms with E-state index in [0.29, 0.717) is 6.54 Å².